The molecule has 0 aliphatic rings. The molecule has 0 aliphatic heterocycles. The van der Waals surface area contributed by atoms with Gasteiger partial charge in [-0.05, 0) is 26.8 Å². The van der Waals surface area contributed by atoms with Crippen LogP contribution in [0.5, 0.6) is 0 Å². The summed E-state index contributed by atoms with van der Waals surface area (Å²) in [6.45, 7) is 8.27. The molecular formula is C13H22N4O2. The van der Waals surface area contributed by atoms with Crippen LogP contribution in [0.15, 0.2) is 6.07 Å². The molecule has 6 nitrogen and oxygen atoms in total. The molecule has 0 aromatic carbocycles. The monoisotopic (exact) mass is 266 g/mol. The summed E-state index contributed by atoms with van der Waals surface area (Å²) in [5.41, 5.74) is 1.20. The van der Waals surface area contributed by atoms with E-state index in [4.69, 9.17) is 4.74 Å². The molecule has 106 valence electrons. The lowest BCUT2D eigenvalue weighted by Crippen LogP contribution is -2.31. The minimum absolute atomic E-state index is 0.0645. The molecule has 0 saturated heterocycles. The minimum atomic E-state index is -0.0645. The first kappa shape index (κ1) is 15.4. The van der Waals surface area contributed by atoms with Crippen molar-refractivity contribution in [2.24, 2.45) is 0 Å². The topological polar surface area (TPSA) is 67.4 Å². The number of anilines is 1. The van der Waals surface area contributed by atoms with Crippen molar-refractivity contribution in [1.82, 2.24) is 14.9 Å². The second kappa shape index (κ2) is 7.68. The molecule has 1 N–H and O–H groups in total. The van der Waals surface area contributed by atoms with Gasteiger partial charge in [0.1, 0.15) is 5.69 Å². The molecule has 0 saturated carbocycles. The summed E-state index contributed by atoms with van der Waals surface area (Å²) in [6.07, 6.45) is 0. The molecule has 0 aliphatic carbocycles. The maximum Gasteiger partial charge on any atom is 0.272 e. The van der Waals surface area contributed by atoms with Crippen LogP contribution in [0.2, 0.25) is 0 Å². The number of nitrogens with zero attached hydrogens (tertiary/aromatic N) is 3. The van der Waals surface area contributed by atoms with Gasteiger partial charge < -0.3 is 15.0 Å². The summed E-state index contributed by atoms with van der Waals surface area (Å²) < 4.78 is 4.95. The number of nitrogens with one attached hydrogen (secondary N) is 1. The molecule has 0 atom stereocenters. The van der Waals surface area contributed by atoms with E-state index in [-0.39, 0.29) is 5.91 Å². The molecule has 6 heteroatoms. The highest BCUT2D eigenvalue weighted by atomic mass is 16.5. The predicted molar refractivity (Wildman–Crippen MR) is 74.4 cm³/mol. The summed E-state index contributed by atoms with van der Waals surface area (Å²) in [4.78, 5) is 22.5. The van der Waals surface area contributed by atoms with Gasteiger partial charge in [0.2, 0.25) is 5.95 Å². The van der Waals surface area contributed by atoms with E-state index in [1.54, 1.807) is 18.1 Å². The summed E-state index contributed by atoms with van der Waals surface area (Å²) in [6, 6.07) is 1.71. The van der Waals surface area contributed by atoms with E-state index in [1.165, 1.54) is 0 Å². The van der Waals surface area contributed by atoms with Crippen LogP contribution in [0.1, 0.15) is 30.0 Å². The molecule has 1 rings (SSSR count). The standard InChI is InChI=1S/C13H22N4O2/c1-5-17(6-2)12(18)11-9-10(3)15-13(16-11)14-7-8-19-4/h9H,5-8H2,1-4H3,(H,14,15,16). The lowest BCUT2D eigenvalue weighted by atomic mass is 10.3. The van der Waals surface area contributed by atoms with Gasteiger partial charge in [-0.15, -0.1) is 0 Å². The Kier molecular flexibility index (Phi) is 6.21. The molecule has 1 heterocycles. The van der Waals surface area contributed by atoms with Gasteiger partial charge in [0.15, 0.2) is 0 Å². The van der Waals surface area contributed by atoms with E-state index in [9.17, 15) is 4.79 Å². The molecule has 1 amide bonds. The normalized spacial score (nSPS) is 10.3. The van der Waals surface area contributed by atoms with Crippen LogP contribution in [0.25, 0.3) is 0 Å². The molecule has 1 aromatic heterocycles. The van der Waals surface area contributed by atoms with Gasteiger partial charge in [-0.2, -0.15) is 0 Å². The second-order valence-corrected chi connectivity index (χ2v) is 4.12. The van der Waals surface area contributed by atoms with E-state index in [1.807, 2.05) is 20.8 Å². The molecular weight excluding hydrogens is 244 g/mol. The van der Waals surface area contributed by atoms with Crippen LogP contribution in [-0.2, 0) is 4.74 Å². The zero-order valence-electron chi connectivity index (χ0n) is 12.1. The molecule has 0 fully saturated rings. The van der Waals surface area contributed by atoms with Crippen molar-refractivity contribution in [3.8, 4) is 0 Å². The first-order chi connectivity index (χ1) is 9.12. The van der Waals surface area contributed by atoms with Gasteiger partial charge in [-0.3, -0.25) is 4.79 Å². The summed E-state index contributed by atoms with van der Waals surface area (Å²) in [7, 11) is 1.63. The van der Waals surface area contributed by atoms with E-state index >= 15 is 0 Å². The van der Waals surface area contributed by atoms with E-state index in [2.05, 4.69) is 15.3 Å². The van der Waals surface area contributed by atoms with Gasteiger partial charge in [0.05, 0.1) is 6.61 Å². The summed E-state index contributed by atoms with van der Waals surface area (Å²) in [5.74, 6) is 0.401. The second-order valence-electron chi connectivity index (χ2n) is 4.12. The smallest absolute Gasteiger partial charge is 0.272 e. The van der Waals surface area contributed by atoms with E-state index in [0.29, 0.717) is 37.9 Å². The van der Waals surface area contributed by atoms with Crippen molar-refractivity contribution < 1.29 is 9.53 Å². The Bertz CT molecular complexity index is 419. The number of aromatic nitrogens is 2. The molecule has 0 bridgehead atoms. The highest BCUT2D eigenvalue weighted by molar-refractivity contribution is 5.92. The maximum absolute atomic E-state index is 12.2. The first-order valence-electron chi connectivity index (χ1n) is 6.50. The average molecular weight is 266 g/mol. The number of hydrogen-bond donors (Lipinski definition) is 1. The van der Waals surface area contributed by atoms with Crippen LogP contribution in [0.4, 0.5) is 5.95 Å². The van der Waals surface area contributed by atoms with Gasteiger partial charge in [0, 0.05) is 32.4 Å². The summed E-state index contributed by atoms with van der Waals surface area (Å²) in [5, 5.41) is 3.04. The van der Waals surface area contributed by atoms with Crippen LogP contribution in [0, 0.1) is 6.92 Å². The number of aryl methyl sites for hydroxylation is 1. The van der Waals surface area contributed by atoms with Crippen molar-refractivity contribution in [3.05, 3.63) is 17.5 Å². The lowest BCUT2D eigenvalue weighted by molar-refractivity contribution is 0.0767. The molecule has 0 radical (unpaired) electrons. The molecule has 0 spiro atoms. The van der Waals surface area contributed by atoms with Gasteiger partial charge in [-0.25, -0.2) is 9.97 Å². The third-order valence-corrected chi connectivity index (χ3v) is 2.71. The largest absolute Gasteiger partial charge is 0.383 e. The fourth-order valence-electron chi connectivity index (χ4n) is 1.69. The Morgan fingerprint density at radius 2 is 2.05 bits per heavy atom. The third-order valence-electron chi connectivity index (χ3n) is 2.71. The van der Waals surface area contributed by atoms with E-state index in [0.717, 1.165) is 5.69 Å². The van der Waals surface area contributed by atoms with Crippen molar-refractivity contribution in [2.75, 3.05) is 38.7 Å². The Labute approximate surface area is 114 Å². The number of methoxy groups -OCH3 is 1. The molecule has 1 aromatic rings. The summed E-state index contributed by atoms with van der Waals surface area (Å²) >= 11 is 0. The van der Waals surface area contributed by atoms with Crippen LogP contribution < -0.4 is 5.32 Å². The first-order valence-corrected chi connectivity index (χ1v) is 6.50. The average Bonchev–Trinajstić information content (AvgIpc) is 2.39. The predicted octanol–water partition coefficient (Wildman–Crippen LogP) is 1.33. The van der Waals surface area contributed by atoms with Gasteiger partial charge in [0.25, 0.3) is 5.91 Å². The number of carbonyl (C=O) groups is 1. The fraction of sp³-hybridized carbons (Fsp3) is 0.615. The fourth-order valence-corrected chi connectivity index (χ4v) is 1.69. The Hall–Kier alpha value is -1.69. The van der Waals surface area contributed by atoms with Crippen LogP contribution >= 0.6 is 0 Å². The zero-order chi connectivity index (χ0) is 14.3. The number of hydrogen-bond acceptors (Lipinski definition) is 5. The number of amides is 1. The highest BCUT2D eigenvalue weighted by Gasteiger charge is 2.15. The number of carbonyl (C=O) groups excluding carboxylic acids is 1. The van der Waals surface area contributed by atoms with Crippen molar-refractivity contribution >= 4 is 11.9 Å². The van der Waals surface area contributed by atoms with Crippen molar-refractivity contribution in [1.29, 1.82) is 0 Å². The van der Waals surface area contributed by atoms with Gasteiger partial charge >= 0.3 is 0 Å². The molecule has 19 heavy (non-hydrogen) atoms. The maximum atomic E-state index is 12.2. The Morgan fingerprint density at radius 3 is 2.63 bits per heavy atom. The zero-order valence-corrected chi connectivity index (χ0v) is 12.1. The Balaban J connectivity index is 2.86. The number of ether oxygens (including phenoxy) is 1. The van der Waals surface area contributed by atoms with Crippen LogP contribution in [-0.4, -0.2) is 54.1 Å². The highest BCUT2D eigenvalue weighted by Crippen LogP contribution is 2.08. The van der Waals surface area contributed by atoms with Gasteiger partial charge in [-0.1, -0.05) is 0 Å². The quantitative estimate of drug-likeness (QED) is 0.754. The third kappa shape index (κ3) is 4.48. The molecule has 0 unspecified atom stereocenters. The van der Waals surface area contributed by atoms with Crippen molar-refractivity contribution in [3.63, 3.8) is 0 Å². The minimum Gasteiger partial charge on any atom is -0.383 e. The lowest BCUT2D eigenvalue weighted by Gasteiger charge is -2.18. The van der Waals surface area contributed by atoms with E-state index < -0.39 is 0 Å². The number of rotatable bonds is 7. The van der Waals surface area contributed by atoms with Crippen molar-refractivity contribution in [2.45, 2.75) is 20.8 Å². The Morgan fingerprint density at radius 1 is 1.37 bits per heavy atom. The van der Waals surface area contributed by atoms with Crippen LogP contribution in [0.3, 0.4) is 0 Å². The SMILES string of the molecule is CCN(CC)C(=O)c1cc(C)nc(NCCOC)n1.